The SMILES string of the molecule is CC(C)C(CO)Nc1cc(Cl)nc(C2CC2)n1. The molecule has 1 aliphatic carbocycles. The Bertz CT molecular complexity index is 393. The molecule has 0 amide bonds. The van der Waals surface area contributed by atoms with Gasteiger partial charge in [0.1, 0.15) is 16.8 Å². The lowest BCUT2D eigenvalue weighted by molar-refractivity contribution is 0.249. The van der Waals surface area contributed by atoms with E-state index < -0.39 is 0 Å². The maximum Gasteiger partial charge on any atom is 0.135 e. The molecule has 0 spiro atoms. The minimum atomic E-state index is -0.00646. The lowest BCUT2D eigenvalue weighted by Gasteiger charge is -2.20. The van der Waals surface area contributed by atoms with Crippen LogP contribution in [0, 0.1) is 5.92 Å². The fourth-order valence-corrected chi connectivity index (χ4v) is 1.84. The van der Waals surface area contributed by atoms with Gasteiger partial charge in [-0.1, -0.05) is 25.4 Å². The van der Waals surface area contributed by atoms with Crippen molar-refractivity contribution in [2.75, 3.05) is 11.9 Å². The second-order valence-electron chi connectivity index (χ2n) is 4.89. The Kier molecular flexibility index (Phi) is 3.84. The van der Waals surface area contributed by atoms with Crippen LogP contribution in [0.4, 0.5) is 5.82 Å². The molecule has 1 unspecified atom stereocenters. The molecular formula is C12H18ClN3O. The van der Waals surface area contributed by atoms with Crippen LogP contribution >= 0.6 is 11.6 Å². The Morgan fingerprint density at radius 3 is 2.71 bits per heavy atom. The van der Waals surface area contributed by atoms with E-state index in [1.54, 1.807) is 6.07 Å². The van der Waals surface area contributed by atoms with Crippen molar-refractivity contribution in [2.45, 2.75) is 38.6 Å². The average molecular weight is 256 g/mol. The first-order valence-corrected chi connectivity index (χ1v) is 6.40. The highest BCUT2D eigenvalue weighted by molar-refractivity contribution is 6.29. The van der Waals surface area contributed by atoms with E-state index in [2.05, 4.69) is 29.1 Å². The Labute approximate surface area is 106 Å². The summed E-state index contributed by atoms with van der Waals surface area (Å²) >= 11 is 5.97. The first-order valence-electron chi connectivity index (χ1n) is 6.02. The van der Waals surface area contributed by atoms with E-state index in [0.29, 0.717) is 22.8 Å². The maximum atomic E-state index is 9.28. The average Bonchev–Trinajstić information content (AvgIpc) is 3.08. The van der Waals surface area contributed by atoms with E-state index in [9.17, 15) is 5.11 Å². The third-order valence-electron chi connectivity index (χ3n) is 2.99. The van der Waals surface area contributed by atoms with Crippen LogP contribution in [-0.4, -0.2) is 27.7 Å². The van der Waals surface area contributed by atoms with Crippen molar-refractivity contribution in [1.29, 1.82) is 0 Å². The third-order valence-corrected chi connectivity index (χ3v) is 3.18. The smallest absolute Gasteiger partial charge is 0.135 e. The summed E-state index contributed by atoms with van der Waals surface area (Å²) < 4.78 is 0. The van der Waals surface area contributed by atoms with Gasteiger partial charge >= 0.3 is 0 Å². The van der Waals surface area contributed by atoms with Crippen LogP contribution in [0.15, 0.2) is 6.07 Å². The van der Waals surface area contributed by atoms with Gasteiger partial charge in [-0.3, -0.25) is 0 Å². The van der Waals surface area contributed by atoms with Gasteiger partial charge in [0, 0.05) is 12.0 Å². The molecule has 0 aliphatic heterocycles. The number of anilines is 1. The predicted molar refractivity (Wildman–Crippen MR) is 68.4 cm³/mol. The first-order chi connectivity index (χ1) is 8.10. The molecule has 5 heteroatoms. The van der Waals surface area contributed by atoms with E-state index >= 15 is 0 Å². The highest BCUT2D eigenvalue weighted by Crippen LogP contribution is 2.38. The van der Waals surface area contributed by atoms with Gasteiger partial charge in [-0.05, 0) is 18.8 Å². The number of halogens is 1. The summed E-state index contributed by atoms with van der Waals surface area (Å²) in [5.74, 6) is 2.33. The first kappa shape index (κ1) is 12.6. The topological polar surface area (TPSA) is 58.0 Å². The molecule has 0 aromatic carbocycles. The normalized spacial score (nSPS) is 17.2. The van der Waals surface area contributed by atoms with Gasteiger partial charge in [0.05, 0.1) is 12.6 Å². The van der Waals surface area contributed by atoms with E-state index in [4.69, 9.17) is 11.6 Å². The number of aliphatic hydroxyl groups is 1. The van der Waals surface area contributed by atoms with Crippen LogP contribution in [-0.2, 0) is 0 Å². The molecule has 94 valence electrons. The number of nitrogens with zero attached hydrogens (tertiary/aromatic N) is 2. The van der Waals surface area contributed by atoms with Gasteiger partial charge in [0.25, 0.3) is 0 Å². The molecule has 17 heavy (non-hydrogen) atoms. The minimum Gasteiger partial charge on any atom is -0.394 e. The Hall–Kier alpha value is -0.870. The lowest BCUT2D eigenvalue weighted by Crippen LogP contribution is -2.30. The highest BCUT2D eigenvalue weighted by Gasteiger charge is 2.27. The Morgan fingerprint density at radius 1 is 1.47 bits per heavy atom. The summed E-state index contributed by atoms with van der Waals surface area (Å²) in [6.07, 6.45) is 2.29. The molecule has 1 aliphatic rings. The zero-order valence-electron chi connectivity index (χ0n) is 10.2. The van der Waals surface area contributed by atoms with Crippen molar-refractivity contribution in [3.63, 3.8) is 0 Å². The minimum absolute atomic E-state index is 0.00646. The van der Waals surface area contributed by atoms with E-state index in [1.807, 2.05) is 0 Å². The zero-order chi connectivity index (χ0) is 12.4. The van der Waals surface area contributed by atoms with Crippen molar-refractivity contribution in [2.24, 2.45) is 5.92 Å². The van der Waals surface area contributed by atoms with Gasteiger partial charge in [0.15, 0.2) is 0 Å². The number of hydrogen-bond acceptors (Lipinski definition) is 4. The van der Waals surface area contributed by atoms with E-state index in [-0.39, 0.29) is 12.6 Å². The number of hydrogen-bond donors (Lipinski definition) is 2. The van der Waals surface area contributed by atoms with Gasteiger partial charge in [0.2, 0.25) is 0 Å². The van der Waals surface area contributed by atoms with Crippen LogP contribution in [0.3, 0.4) is 0 Å². The lowest BCUT2D eigenvalue weighted by atomic mass is 10.1. The third kappa shape index (κ3) is 3.30. The van der Waals surface area contributed by atoms with Crippen molar-refractivity contribution in [3.8, 4) is 0 Å². The Morgan fingerprint density at radius 2 is 2.18 bits per heavy atom. The summed E-state index contributed by atoms with van der Waals surface area (Å²) in [5.41, 5.74) is 0. The fraction of sp³-hybridized carbons (Fsp3) is 0.667. The molecule has 1 heterocycles. The van der Waals surface area contributed by atoms with E-state index in [1.165, 1.54) is 0 Å². The molecule has 1 atom stereocenters. The quantitative estimate of drug-likeness (QED) is 0.794. The Balaban J connectivity index is 2.14. The van der Waals surface area contributed by atoms with Crippen LogP contribution < -0.4 is 5.32 Å². The van der Waals surface area contributed by atoms with Crippen LogP contribution in [0.2, 0.25) is 5.15 Å². The van der Waals surface area contributed by atoms with Gasteiger partial charge in [-0.15, -0.1) is 0 Å². The summed E-state index contributed by atoms with van der Waals surface area (Å²) in [6.45, 7) is 4.19. The molecule has 2 N–H and O–H groups in total. The van der Waals surface area contributed by atoms with Gasteiger partial charge in [-0.25, -0.2) is 9.97 Å². The van der Waals surface area contributed by atoms with Gasteiger partial charge in [-0.2, -0.15) is 0 Å². The summed E-state index contributed by atoms with van der Waals surface area (Å²) in [6, 6.07) is 1.70. The standard InChI is InChI=1S/C12H18ClN3O/c1-7(2)9(6-17)14-11-5-10(13)15-12(16-11)8-3-4-8/h5,7-9,17H,3-4,6H2,1-2H3,(H,14,15,16). The van der Waals surface area contributed by atoms with Crippen molar-refractivity contribution in [3.05, 3.63) is 17.0 Å². The molecule has 1 saturated carbocycles. The second kappa shape index (κ2) is 5.19. The fourth-order valence-electron chi connectivity index (χ4n) is 1.65. The molecule has 1 fully saturated rings. The van der Waals surface area contributed by atoms with E-state index in [0.717, 1.165) is 18.7 Å². The summed E-state index contributed by atoms with van der Waals surface area (Å²) in [7, 11) is 0. The number of aliphatic hydroxyl groups excluding tert-OH is 1. The van der Waals surface area contributed by atoms with Crippen molar-refractivity contribution >= 4 is 17.4 Å². The molecule has 0 saturated heterocycles. The molecule has 2 rings (SSSR count). The summed E-state index contributed by atoms with van der Waals surface area (Å²) in [4.78, 5) is 8.67. The van der Waals surface area contributed by atoms with Gasteiger partial charge < -0.3 is 10.4 Å². The number of rotatable bonds is 5. The van der Waals surface area contributed by atoms with Crippen LogP contribution in [0.5, 0.6) is 0 Å². The molecule has 0 bridgehead atoms. The largest absolute Gasteiger partial charge is 0.394 e. The maximum absolute atomic E-state index is 9.28. The van der Waals surface area contributed by atoms with Crippen molar-refractivity contribution < 1.29 is 5.11 Å². The van der Waals surface area contributed by atoms with Crippen molar-refractivity contribution in [1.82, 2.24) is 9.97 Å². The summed E-state index contributed by atoms with van der Waals surface area (Å²) in [5, 5.41) is 12.9. The molecule has 4 nitrogen and oxygen atoms in total. The monoisotopic (exact) mass is 255 g/mol. The highest BCUT2D eigenvalue weighted by atomic mass is 35.5. The number of nitrogens with one attached hydrogen (secondary N) is 1. The predicted octanol–water partition coefficient (Wildman–Crippen LogP) is 2.44. The van der Waals surface area contributed by atoms with Crippen LogP contribution in [0.25, 0.3) is 0 Å². The second-order valence-corrected chi connectivity index (χ2v) is 5.27. The molecule has 0 radical (unpaired) electrons. The molecular weight excluding hydrogens is 238 g/mol. The molecule has 1 aromatic heterocycles. The number of aromatic nitrogens is 2. The van der Waals surface area contributed by atoms with Crippen LogP contribution in [0.1, 0.15) is 38.4 Å². The zero-order valence-corrected chi connectivity index (χ0v) is 10.9. The molecule has 1 aromatic rings.